The number of rotatable bonds is 5. The minimum atomic E-state index is -0.369. The van der Waals surface area contributed by atoms with Crippen molar-refractivity contribution in [2.24, 2.45) is 0 Å². The molecule has 0 N–H and O–H groups in total. The number of carbonyl (C=O) groups is 2. The molecular formula is C16H22O6. The van der Waals surface area contributed by atoms with Gasteiger partial charge in [-0.3, -0.25) is 0 Å². The number of ether oxygens (including phenoxy) is 4. The van der Waals surface area contributed by atoms with Crippen LogP contribution in [0.15, 0.2) is 24.8 Å². The maximum absolute atomic E-state index is 10.9. The van der Waals surface area contributed by atoms with Crippen LogP contribution in [0, 0.1) is 0 Å². The molecule has 2 aliphatic heterocycles. The second-order valence-corrected chi connectivity index (χ2v) is 5.53. The van der Waals surface area contributed by atoms with E-state index in [9.17, 15) is 9.59 Å². The number of hydrogen-bond donors (Lipinski definition) is 0. The van der Waals surface area contributed by atoms with E-state index >= 15 is 0 Å². The van der Waals surface area contributed by atoms with Crippen LogP contribution in [-0.2, 0) is 28.5 Å². The Hall–Kier alpha value is -1.66. The van der Waals surface area contributed by atoms with Crippen LogP contribution in [0.3, 0.4) is 0 Å². The molecule has 0 aromatic carbocycles. The third-order valence-corrected chi connectivity index (χ3v) is 3.67. The highest BCUT2D eigenvalue weighted by Crippen LogP contribution is 2.40. The molecule has 0 amide bonds. The van der Waals surface area contributed by atoms with Gasteiger partial charge in [0.2, 0.25) is 6.29 Å². The fourth-order valence-corrected chi connectivity index (χ4v) is 2.26. The zero-order valence-electron chi connectivity index (χ0n) is 12.9. The Labute approximate surface area is 130 Å². The molecule has 2 saturated heterocycles. The van der Waals surface area contributed by atoms with Crippen molar-refractivity contribution in [3.8, 4) is 0 Å². The summed E-state index contributed by atoms with van der Waals surface area (Å²) in [5.41, 5.74) is 0.412. The van der Waals surface area contributed by atoms with E-state index in [0.717, 1.165) is 19.3 Å². The molecular weight excluding hydrogens is 288 g/mol. The van der Waals surface area contributed by atoms with Gasteiger partial charge in [0.05, 0.1) is 6.10 Å². The normalized spacial score (nSPS) is 33.6. The standard InChI is InChI=1S/C8H10O3.C8H12O3/c1-2-7(9)10-5-3-4-6-8(5)11-6;1-4-6-8(10-6)11-7(9)5(2)3/h2,5-6,8H,1,3-4H2;6,8H,2,4H2,1,3H3. The van der Waals surface area contributed by atoms with E-state index in [2.05, 4.69) is 13.2 Å². The van der Waals surface area contributed by atoms with Gasteiger partial charge in [-0.15, -0.1) is 0 Å². The molecule has 22 heavy (non-hydrogen) atoms. The minimum Gasteiger partial charge on any atom is -0.456 e. The second kappa shape index (κ2) is 7.07. The Balaban J connectivity index is 0.000000160. The lowest BCUT2D eigenvalue weighted by atomic mass is 10.3. The Morgan fingerprint density at radius 1 is 1.27 bits per heavy atom. The van der Waals surface area contributed by atoms with Gasteiger partial charge in [-0.05, 0) is 26.2 Å². The zero-order chi connectivity index (χ0) is 16.3. The first-order chi connectivity index (χ1) is 10.5. The van der Waals surface area contributed by atoms with E-state index in [0.29, 0.717) is 11.7 Å². The molecule has 0 aromatic heterocycles. The molecule has 0 radical (unpaired) electrons. The van der Waals surface area contributed by atoms with Crippen LogP contribution in [0.2, 0.25) is 0 Å². The van der Waals surface area contributed by atoms with Crippen LogP contribution in [-0.4, -0.2) is 42.6 Å². The lowest BCUT2D eigenvalue weighted by Gasteiger charge is -2.09. The second-order valence-electron chi connectivity index (χ2n) is 5.53. The molecule has 0 bridgehead atoms. The van der Waals surface area contributed by atoms with E-state index in [-0.39, 0.29) is 36.5 Å². The van der Waals surface area contributed by atoms with E-state index in [1.54, 1.807) is 6.92 Å². The summed E-state index contributed by atoms with van der Waals surface area (Å²) in [6.07, 6.45) is 4.39. The van der Waals surface area contributed by atoms with Crippen LogP contribution in [0.25, 0.3) is 0 Å². The predicted molar refractivity (Wildman–Crippen MR) is 77.8 cm³/mol. The molecule has 1 saturated carbocycles. The lowest BCUT2D eigenvalue weighted by molar-refractivity contribution is -0.144. The highest BCUT2D eigenvalue weighted by molar-refractivity contribution is 5.87. The fraction of sp³-hybridized carbons (Fsp3) is 0.625. The smallest absolute Gasteiger partial charge is 0.335 e. The SMILES string of the molecule is C=C(C)C(=O)OC1OC1CC.C=CC(=O)OC1CCC2OC12. The summed E-state index contributed by atoms with van der Waals surface area (Å²) >= 11 is 0. The highest BCUT2D eigenvalue weighted by atomic mass is 16.8. The Morgan fingerprint density at radius 2 is 2.00 bits per heavy atom. The van der Waals surface area contributed by atoms with E-state index in [4.69, 9.17) is 18.9 Å². The monoisotopic (exact) mass is 310 g/mol. The Kier molecular flexibility index (Phi) is 5.37. The molecule has 3 aliphatic rings. The van der Waals surface area contributed by atoms with E-state index in [1.807, 2.05) is 6.92 Å². The van der Waals surface area contributed by atoms with Gasteiger partial charge in [-0.25, -0.2) is 9.59 Å². The predicted octanol–water partition coefficient (Wildman–Crippen LogP) is 1.89. The molecule has 2 heterocycles. The number of fused-ring (bicyclic) bond motifs is 1. The molecule has 0 spiro atoms. The van der Waals surface area contributed by atoms with Crippen LogP contribution in [0.5, 0.6) is 0 Å². The molecule has 5 unspecified atom stereocenters. The summed E-state index contributed by atoms with van der Waals surface area (Å²) in [4.78, 5) is 21.6. The average Bonchev–Trinajstić information content (AvgIpc) is 3.39. The van der Waals surface area contributed by atoms with Gasteiger partial charge < -0.3 is 18.9 Å². The Morgan fingerprint density at radius 3 is 2.41 bits per heavy atom. The van der Waals surface area contributed by atoms with Crippen molar-refractivity contribution >= 4 is 11.9 Å². The van der Waals surface area contributed by atoms with E-state index < -0.39 is 0 Å². The van der Waals surface area contributed by atoms with Gasteiger partial charge in [0.1, 0.15) is 18.3 Å². The summed E-state index contributed by atoms with van der Waals surface area (Å²) in [6.45, 7) is 10.4. The maximum atomic E-state index is 10.9. The van der Waals surface area contributed by atoms with Crippen LogP contribution < -0.4 is 0 Å². The third-order valence-electron chi connectivity index (χ3n) is 3.67. The van der Waals surface area contributed by atoms with Crippen molar-refractivity contribution in [2.45, 2.75) is 63.8 Å². The molecule has 3 rings (SSSR count). The van der Waals surface area contributed by atoms with Crippen LogP contribution >= 0.6 is 0 Å². The molecule has 1 aliphatic carbocycles. The summed E-state index contributed by atoms with van der Waals surface area (Å²) in [7, 11) is 0. The summed E-state index contributed by atoms with van der Waals surface area (Å²) in [6, 6.07) is 0. The summed E-state index contributed by atoms with van der Waals surface area (Å²) < 4.78 is 20.1. The summed E-state index contributed by atoms with van der Waals surface area (Å²) in [5, 5.41) is 0. The van der Waals surface area contributed by atoms with Gasteiger partial charge >= 0.3 is 11.9 Å². The van der Waals surface area contributed by atoms with Crippen LogP contribution in [0.1, 0.15) is 33.1 Å². The number of epoxide rings is 2. The van der Waals surface area contributed by atoms with Crippen molar-refractivity contribution in [1.82, 2.24) is 0 Å². The van der Waals surface area contributed by atoms with Gasteiger partial charge in [0.25, 0.3) is 0 Å². The lowest BCUT2D eigenvalue weighted by Crippen LogP contribution is -2.19. The number of esters is 2. The largest absolute Gasteiger partial charge is 0.456 e. The van der Waals surface area contributed by atoms with Gasteiger partial charge in [0.15, 0.2) is 0 Å². The average molecular weight is 310 g/mol. The molecule has 3 fully saturated rings. The van der Waals surface area contributed by atoms with Gasteiger partial charge in [-0.1, -0.05) is 20.1 Å². The van der Waals surface area contributed by atoms with Crippen LogP contribution in [0.4, 0.5) is 0 Å². The van der Waals surface area contributed by atoms with Crippen molar-refractivity contribution < 1.29 is 28.5 Å². The first kappa shape index (κ1) is 16.7. The minimum absolute atomic E-state index is 0.00880. The van der Waals surface area contributed by atoms with Crippen molar-refractivity contribution in [1.29, 1.82) is 0 Å². The summed E-state index contributed by atoms with van der Waals surface area (Å²) in [5.74, 6) is -0.711. The molecule has 6 nitrogen and oxygen atoms in total. The number of carbonyl (C=O) groups excluding carboxylic acids is 2. The van der Waals surface area contributed by atoms with Crippen molar-refractivity contribution in [2.75, 3.05) is 0 Å². The first-order valence-corrected chi connectivity index (χ1v) is 7.46. The number of hydrogen-bond acceptors (Lipinski definition) is 6. The fourth-order valence-electron chi connectivity index (χ4n) is 2.26. The molecule has 122 valence electrons. The van der Waals surface area contributed by atoms with Crippen molar-refractivity contribution in [3.05, 3.63) is 24.8 Å². The first-order valence-electron chi connectivity index (χ1n) is 7.46. The highest BCUT2D eigenvalue weighted by Gasteiger charge is 2.52. The van der Waals surface area contributed by atoms with Crippen molar-refractivity contribution in [3.63, 3.8) is 0 Å². The zero-order valence-corrected chi connectivity index (χ0v) is 12.9. The molecule has 6 heteroatoms. The molecule has 0 aromatic rings. The van der Waals surface area contributed by atoms with Gasteiger partial charge in [0, 0.05) is 11.6 Å². The third kappa shape index (κ3) is 4.42. The van der Waals surface area contributed by atoms with E-state index in [1.165, 1.54) is 6.08 Å². The maximum Gasteiger partial charge on any atom is 0.335 e. The molecule has 5 atom stereocenters. The Bertz CT molecular complexity index is 471. The van der Waals surface area contributed by atoms with Gasteiger partial charge in [-0.2, -0.15) is 0 Å². The topological polar surface area (TPSA) is 77.7 Å². The quantitative estimate of drug-likeness (QED) is 0.438.